The third-order valence-corrected chi connectivity index (χ3v) is 6.38. The van der Waals surface area contributed by atoms with Crippen molar-refractivity contribution in [1.82, 2.24) is 4.90 Å². The van der Waals surface area contributed by atoms with E-state index in [0.717, 1.165) is 0 Å². The Morgan fingerprint density at radius 1 is 1.30 bits per heavy atom. The van der Waals surface area contributed by atoms with Gasteiger partial charge in [-0.15, -0.1) is 0 Å². The molecule has 0 unspecified atom stereocenters. The molecule has 1 aromatic rings. The number of benzene rings is 1. The number of ether oxygens (including phenoxy) is 1. The summed E-state index contributed by atoms with van der Waals surface area (Å²) < 4.78 is 5.06. The minimum Gasteiger partial charge on any atom is -0.383 e. The number of carbonyl (C=O) groups excluding carboxylic acids is 3. The zero-order valence-corrected chi connectivity index (χ0v) is 16.2. The van der Waals surface area contributed by atoms with Gasteiger partial charge in [0.15, 0.2) is 0 Å². The molecule has 0 radical (unpaired) electrons. The second-order valence-electron chi connectivity index (χ2n) is 7.83. The van der Waals surface area contributed by atoms with Gasteiger partial charge in [-0.2, -0.15) is 0 Å². The van der Waals surface area contributed by atoms with Crippen LogP contribution in [0.3, 0.4) is 0 Å². The molecule has 3 heterocycles. The van der Waals surface area contributed by atoms with E-state index in [1.165, 1.54) is 12.0 Å². The normalized spacial score (nSPS) is 31.8. The lowest BCUT2D eigenvalue weighted by atomic mass is 9.76. The van der Waals surface area contributed by atoms with E-state index in [-0.39, 0.29) is 42.8 Å². The molecule has 4 rings (SSSR count). The summed E-state index contributed by atoms with van der Waals surface area (Å²) >= 11 is 6.21. The first kappa shape index (κ1) is 18.4. The molecule has 8 heteroatoms. The molecule has 3 N–H and O–H groups in total. The number of amides is 3. The number of nitrogens with two attached hydrogens (primary N) is 1. The van der Waals surface area contributed by atoms with Crippen molar-refractivity contribution < 1.29 is 24.4 Å². The van der Waals surface area contributed by atoms with Crippen LogP contribution in [0.5, 0.6) is 0 Å². The number of nitrogens with zero attached hydrogens (tertiary/aromatic N) is 1. The summed E-state index contributed by atoms with van der Waals surface area (Å²) in [5.41, 5.74) is 0.182. The topological polar surface area (TPSA) is 92.3 Å². The third-order valence-electron chi connectivity index (χ3n) is 6.14. The van der Waals surface area contributed by atoms with Crippen LogP contribution in [0.1, 0.15) is 19.4 Å². The lowest BCUT2D eigenvalue weighted by molar-refractivity contribution is -0.738. The van der Waals surface area contributed by atoms with Crippen LogP contribution in [0.15, 0.2) is 18.2 Å². The predicted octanol–water partition coefficient (Wildman–Crippen LogP) is 0.337. The highest BCUT2D eigenvalue weighted by Gasteiger charge is 2.74. The maximum Gasteiger partial charge on any atom is 0.291 e. The van der Waals surface area contributed by atoms with E-state index in [1.54, 1.807) is 18.2 Å². The van der Waals surface area contributed by atoms with Crippen LogP contribution < -0.4 is 10.6 Å². The van der Waals surface area contributed by atoms with E-state index in [0.29, 0.717) is 16.3 Å². The van der Waals surface area contributed by atoms with Gasteiger partial charge in [0.1, 0.15) is 17.9 Å². The molecule has 27 heavy (non-hydrogen) atoms. The fraction of sp³-hybridized carbons (Fsp3) is 0.526. The highest BCUT2D eigenvalue weighted by molar-refractivity contribution is 6.31. The van der Waals surface area contributed by atoms with Crippen molar-refractivity contribution in [3.05, 3.63) is 28.8 Å². The molecule has 0 aromatic heterocycles. The summed E-state index contributed by atoms with van der Waals surface area (Å²) in [6.45, 7) is 4.50. The first-order valence-electron chi connectivity index (χ1n) is 9.14. The van der Waals surface area contributed by atoms with E-state index >= 15 is 0 Å². The molecule has 3 aliphatic rings. The maximum atomic E-state index is 13.3. The number of halogens is 1. The van der Waals surface area contributed by atoms with Gasteiger partial charge >= 0.3 is 0 Å². The van der Waals surface area contributed by atoms with Gasteiger partial charge in [-0.25, -0.2) is 0 Å². The number of hydrogen-bond donors (Lipinski definition) is 2. The number of hydrogen-bond acceptors (Lipinski definition) is 4. The molecule has 0 bridgehead atoms. The maximum absolute atomic E-state index is 13.3. The van der Waals surface area contributed by atoms with Crippen LogP contribution in [0.4, 0.5) is 5.69 Å². The second-order valence-corrected chi connectivity index (χ2v) is 8.26. The molecule has 0 saturated carbocycles. The van der Waals surface area contributed by atoms with Crippen LogP contribution in [-0.4, -0.2) is 48.9 Å². The van der Waals surface area contributed by atoms with Crippen LogP contribution in [0, 0.1) is 17.8 Å². The first-order chi connectivity index (χ1) is 12.8. The minimum absolute atomic E-state index is 0.118. The molecule has 7 nitrogen and oxygen atoms in total. The van der Waals surface area contributed by atoms with Crippen LogP contribution in [0.25, 0.3) is 0 Å². The molecule has 4 atom stereocenters. The highest BCUT2D eigenvalue weighted by Crippen LogP contribution is 2.50. The monoisotopic (exact) mass is 392 g/mol. The van der Waals surface area contributed by atoms with E-state index in [2.05, 4.69) is 5.32 Å². The molecule has 144 valence electrons. The molecular formula is C19H23ClN3O4+. The third kappa shape index (κ3) is 2.38. The summed E-state index contributed by atoms with van der Waals surface area (Å²) in [6, 6.07) is 5.02. The Morgan fingerprint density at radius 2 is 2.04 bits per heavy atom. The SMILES string of the molecule is COCCN1C(=O)[C@@H]2[C@@H](C(C)C)[NH2+][C@@]3(C(=O)Nc4ccc(Cl)cc43)[C@@H]2C1=O. The fourth-order valence-electron chi connectivity index (χ4n) is 4.93. The number of anilines is 1. The van der Waals surface area contributed by atoms with Crippen molar-refractivity contribution in [2.24, 2.45) is 17.8 Å². The number of likely N-dealkylation sites (tertiary alicyclic amines) is 1. The second kappa shape index (κ2) is 6.29. The van der Waals surface area contributed by atoms with Crippen LogP contribution in [0.2, 0.25) is 5.02 Å². The molecule has 1 spiro atoms. The first-order valence-corrected chi connectivity index (χ1v) is 9.52. The van der Waals surface area contributed by atoms with Crippen LogP contribution >= 0.6 is 11.6 Å². The van der Waals surface area contributed by atoms with Gasteiger partial charge in [-0.3, -0.25) is 19.3 Å². The van der Waals surface area contributed by atoms with Gasteiger partial charge in [0.05, 0.1) is 18.8 Å². The lowest BCUT2D eigenvalue weighted by Gasteiger charge is -2.27. The van der Waals surface area contributed by atoms with E-state index in [1.807, 2.05) is 19.2 Å². The summed E-state index contributed by atoms with van der Waals surface area (Å²) in [6.07, 6.45) is 0. The molecule has 2 saturated heterocycles. The zero-order chi connectivity index (χ0) is 19.5. The molecule has 1 aromatic carbocycles. The molecule has 2 fully saturated rings. The molecule has 3 amide bonds. The number of imide groups is 1. The van der Waals surface area contributed by atoms with Crippen molar-refractivity contribution in [2.45, 2.75) is 25.4 Å². The predicted molar refractivity (Wildman–Crippen MR) is 97.9 cm³/mol. The van der Waals surface area contributed by atoms with Crippen molar-refractivity contribution in [1.29, 1.82) is 0 Å². The number of nitrogens with one attached hydrogen (secondary N) is 1. The van der Waals surface area contributed by atoms with Crippen molar-refractivity contribution in [2.75, 3.05) is 25.6 Å². The smallest absolute Gasteiger partial charge is 0.291 e. The van der Waals surface area contributed by atoms with Crippen molar-refractivity contribution >= 4 is 35.0 Å². The fourth-order valence-corrected chi connectivity index (χ4v) is 5.10. The number of fused-ring (bicyclic) bond motifs is 4. The summed E-state index contributed by atoms with van der Waals surface area (Å²) in [7, 11) is 1.53. The number of carbonyl (C=O) groups is 3. The van der Waals surface area contributed by atoms with E-state index in [9.17, 15) is 14.4 Å². The minimum atomic E-state index is -1.16. The average Bonchev–Trinajstić information content (AvgIpc) is 3.20. The highest BCUT2D eigenvalue weighted by atomic mass is 35.5. The van der Waals surface area contributed by atoms with Gasteiger partial charge in [-0.05, 0) is 18.2 Å². The molecule has 0 aliphatic carbocycles. The summed E-state index contributed by atoms with van der Waals surface area (Å²) in [5, 5.41) is 5.31. The van der Waals surface area contributed by atoms with Crippen molar-refractivity contribution in [3.63, 3.8) is 0 Å². The Hall–Kier alpha value is -1.96. The van der Waals surface area contributed by atoms with E-state index in [4.69, 9.17) is 16.3 Å². The summed E-state index contributed by atoms with van der Waals surface area (Å²) in [4.78, 5) is 40.8. The largest absolute Gasteiger partial charge is 0.383 e. The number of methoxy groups -OCH3 is 1. The molecular weight excluding hydrogens is 370 g/mol. The number of quaternary nitrogens is 1. The van der Waals surface area contributed by atoms with Gasteiger partial charge in [0.2, 0.25) is 17.4 Å². The standard InChI is InChI=1S/C19H22ClN3O4/c1-9(2)15-13-14(17(25)23(16(13)24)6-7-27-3)19(22-15)11-8-10(20)4-5-12(11)21-18(19)26/h4-5,8-9,13-15,22H,6-7H2,1-3H3,(H,21,26)/p+1/t13-,14-,15+,19+/m0/s1. The zero-order valence-electron chi connectivity index (χ0n) is 15.5. The Kier molecular flexibility index (Phi) is 4.29. The Morgan fingerprint density at radius 3 is 2.70 bits per heavy atom. The lowest BCUT2D eigenvalue weighted by Crippen LogP contribution is -2.99. The average molecular weight is 393 g/mol. The summed E-state index contributed by atoms with van der Waals surface area (Å²) in [5.74, 6) is -1.93. The van der Waals surface area contributed by atoms with E-state index < -0.39 is 17.4 Å². The van der Waals surface area contributed by atoms with Gasteiger partial charge < -0.3 is 15.4 Å². The Labute approximate surface area is 162 Å². The van der Waals surface area contributed by atoms with Gasteiger partial charge in [0, 0.05) is 23.6 Å². The van der Waals surface area contributed by atoms with Crippen LogP contribution in [-0.2, 0) is 24.7 Å². The Bertz CT molecular complexity index is 842. The van der Waals surface area contributed by atoms with Crippen molar-refractivity contribution in [3.8, 4) is 0 Å². The van der Waals surface area contributed by atoms with Gasteiger partial charge in [-0.1, -0.05) is 25.4 Å². The number of rotatable bonds is 4. The Balaban J connectivity index is 1.86. The van der Waals surface area contributed by atoms with Gasteiger partial charge in [0.25, 0.3) is 5.91 Å². The quantitative estimate of drug-likeness (QED) is 0.722. The molecule has 3 aliphatic heterocycles.